The summed E-state index contributed by atoms with van der Waals surface area (Å²) in [5, 5.41) is 0.405. The Bertz CT molecular complexity index is 531. The lowest BCUT2D eigenvalue weighted by molar-refractivity contribution is -0.116. The zero-order valence-electron chi connectivity index (χ0n) is 9.87. The second-order valence-corrected chi connectivity index (χ2v) is 6.25. The van der Waals surface area contributed by atoms with Gasteiger partial charge in [0.15, 0.2) is 11.6 Å². The molecule has 1 aromatic rings. The van der Waals surface area contributed by atoms with Crippen LogP contribution in [0.3, 0.4) is 0 Å². The van der Waals surface area contributed by atoms with Crippen LogP contribution in [0.15, 0.2) is 34.9 Å². The van der Waals surface area contributed by atoms with Crippen LogP contribution in [0.4, 0.5) is 0 Å². The molecule has 0 spiro atoms. The Labute approximate surface area is 125 Å². The molecule has 1 aromatic carbocycles. The molecule has 0 amide bonds. The first-order chi connectivity index (χ1) is 8.49. The SMILES string of the molecule is C[C@H]1CC(=O)C(C(=O)c2ccc(I)cc2)=C(Cl)C1. The summed E-state index contributed by atoms with van der Waals surface area (Å²) in [7, 11) is 0. The molecule has 0 saturated carbocycles. The third-order valence-electron chi connectivity index (χ3n) is 2.95. The summed E-state index contributed by atoms with van der Waals surface area (Å²) in [5.74, 6) is -0.172. The maximum atomic E-state index is 12.3. The molecule has 0 fully saturated rings. The fourth-order valence-electron chi connectivity index (χ4n) is 2.05. The number of Topliss-reactive ketones (excluding diaryl/α,β-unsaturated/α-hetero) is 2. The molecule has 4 heteroatoms. The number of halogens is 2. The second-order valence-electron chi connectivity index (χ2n) is 4.55. The predicted octanol–water partition coefficient (Wildman–Crippen LogP) is 3.97. The van der Waals surface area contributed by atoms with E-state index in [4.69, 9.17) is 11.6 Å². The molecule has 0 aromatic heterocycles. The van der Waals surface area contributed by atoms with E-state index < -0.39 is 0 Å². The summed E-state index contributed by atoms with van der Waals surface area (Å²) >= 11 is 8.25. The minimum Gasteiger partial charge on any atom is -0.294 e. The van der Waals surface area contributed by atoms with Crippen molar-refractivity contribution in [1.82, 2.24) is 0 Å². The molecule has 1 atom stereocenters. The zero-order valence-corrected chi connectivity index (χ0v) is 12.8. The average Bonchev–Trinajstić information content (AvgIpc) is 2.28. The van der Waals surface area contributed by atoms with Gasteiger partial charge in [0.05, 0.1) is 5.57 Å². The number of hydrogen-bond acceptors (Lipinski definition) is 2. The van der Waals surface area contributed by atoms with Crippen LogP contribution in [0.1, 0.15) is 30.1 Å². The van der Waals surface area contributed by atoms with Crippen LogP contribution in [0.5, 0.6) is 0 Å². The van der Waals surface area contributed by atoms with Gasteiger partial charge in [0.2, 0.25) is 0 Å². The van der Waals surface area contributed by atoms with E-state index in [0.29, 0.717) is 23.4 Å². The van der Waals surface area contributed by atoms with E-state index in [9.17, 15) is 9.59 Å². The lowest BCUT2D eigenvalue weighted by Gasteiger charge is -2.19. The van der Waals surface area contributed by atoms with Crippen LogP contribution in [0.2, 0.25) is 0 Å². The largest absolute Gasteiger partial charge is 0.294 e. The van der Waals surface area contributed by atoms with Gasteiger partial charge in [-0.05, 0) is 59.2 Å². The van der Waals surface area contributed by atoms with Crippen LogP contribution < -0.4 is 0 Å². The number of carbonyl (C=O) groups is 2. The quantitative estimate of drug-likeness (QED) is 0.446. The van der Waals surface area contributed by atoms with Crippen molar-refractivity contribution in [3.8, 4) is 0 Å². The molecule has 2 rings (SSSR count). The molecule has 94 valence electrons. The monoisotopic (exact) mass is 374 g/mol. The van der Waals surface area contributed by atoms with Gasteiger partial charge in [-0.25, -0.2) is 0 Å². The Morgan fingerprint density at radius 1 is 1.28 bits per heavy atom. The molecule has 0 saturated heterocycles. The molecule has 0 unspecified atom stereocenters. The van der Waals surface area contributed by atoms with Crippen LogP contribution in [0.25, 0.3) is 0 Å². The van der Waals surface area contributed by atoms with Crippen molar-refractivity contribution in [3.05, 3.63) is 44.0 Å². The maximum absolute atomic E-state index is 12.3. The van der Waals surface area contributed by atoms with Crippen molar-refractivity contribution < 1.29 is 9.59 Å². The zero-order chi connectivity index (χ0) is 13.3. The minimum absolute atomic E-state index is 0.137. The van der Waals surface area contributed by atoms with Gasteiger partial charge in [-0.3, -0.25) is 9.59 Å². The Hall–Kier alpha value is -0.680. The summed E-state index contributed by atoms with van der Waals surface area (Å²) in [4.78, 5) is 24.2. The fraction of sp³-hybridized carbons (Fsp3) is 0.286. The van der Waals surface area contributed by atoms with Crippen molar-refractivity contribution in [2.75, 3.05) is 0 Å². The molecular formula is C14H12ClIO2. The summed E-state index contributed by atoms with van der Waals surface area (Å²) in [6, 6.07) is 7.15. The Kier molecular flexibility index (Phi) is 4.22. The number of allylic oxidation sites excluding steroid dienone is 2. The molecular weight excluding hydrogens is 363 g/mol. The predicted molar refractivity (Wildman–Crippen MR) is 79.8 cm³/mol. The Morgan fingerprint density at radius 2 is 1.89 bits per heavy atom. The third kappa shape index (κ3) is 2.83. The number of benzene rings is 1. The minimum atomic E-state index is -0.256. The van der Waals surface area contributed by atoms with Crippen molar-refractivity contribution in [3.63, 3.8) is 0 Å². The van der Waals surface area contributed by atoms with E-state index in [1.165, 1.54) is 0 Å². The number of ketones is 2. The molecule has 18 heavy (non-hydrogen) atoms. The molecule has 2 nitrogen and oxygen atoms in total. The molecule has 0 aliphatic heterocycles. The molecule has 1 aliphatic carbocycles. The summed E-state index contributed by atoms with van der Waals surface area (Å²) < 4.78 is 1.05. The van der Waals surface area contributed by atoms with Gasteiger partial charge in [-0.2, -0.15) is 0 Å². The number of hydrogen-bond donors (Lipinski definition) is 0. The van der Waals surface area contributed by atoms with E-state index in [2.05, 4.69) is 22.6 Å². The van der Waals surface area contributed by atoms with Gasteiger partial charge < -0.3 is 0 Å². The number of carbonyl (C=O) groups excluding carboxylic acids is 2. The van der Waals surface area contributed by atoms with Crippen LogP contribution in [-0.4, -0.2) is 11.6 Å². The lowest BCUT2D eigenvalue weighted by Crippen LogP contribution is -2.22. The highest BCUT2D eigenvalue weighted by Crippen LogP contribution is 2.31. The van der Waals surface area contributed by atoms with E-state index in [-0.39, 0.29) is 23.1 Å². The fourth-order valence-corrected chi connectivity index (χ4v) is 2.86. The summed E-state index contributed by atoms with van der Waals surface area (Å²) in [6.07, 6.45) is 1.01. The van der Waals surface area contributed by atoms with Crippen molar-refractivity contribution >= 4 is 45.8 Å². The normalized spacial score (nSPS) is 20.2. The second kappa shape index (κ2) is 5.53. The van der Waals surface area contributed by atoms with Gasteiger partial charge in [-0.15, -0.1) is 0 Å². The van der Waals surface area contributed by atoms with Gasteiger partial charge in [0.25, 0.3) is 0 Å². The highest BCUT2D eigenvalue weighted by Gasteiger charge is 2.29. The number of rotatable bonds is 2. The lowest BCUT2D eigenvalue weighted by atomic mass is 9.86. The van der Waals surface area contributed by atoms with Crippen molar-refractivity contribution in [1.29, 1.82) is 0 Å². The maximum Gasteiger partial charge on any atom is 0.197 e. The van der Waals surface area contributed by atoms with E-state index >= 15 is 0 Å². The van der Waals surface area contributed by atoms with Gasteiger partial charge in [-0.1, -0.05) is 18.5 Å². The molecule has 0 bridgehead atoms. The van der Waals surface area contributed by atoms with Crippen LogP contribution >= 0.6 is 34.2 Å². The van der Waals surface area contributed by atoms with Crippen molar-refractivity contribution in [2.45, 2.75) is 19.8 Å². The molecule has 0 radical (unpaired) electrons. The van der Waals surface area contributed by atoms with Gasteiger partial charge in [0.1, 0.15) is 0 Å². The Morgan fingerprint density at radius 3 is 2.44 bits per heavy atom. The summed E-state index contributed by atoms with van der Waals surface area (Å²) in [6.45, 7) is 1.96. The standard InChI is InChI=1S/C14H12ClIO2/c1-8-6-11(15)13(12(17)7-8)14(18)9-2-4-10(16)5-3-9/h2-5,8H,6-7H2,1H3/t8-/m1/s1. The first-order valence-electron chi connectivity index (χ1n) is 5.71. The molecule has 0 heterocycles. The topological polar surface area (TPSA) is 34.1 Å². The summed E-state index contributed by atoms with van der Waals surface area (Å²) in [5.41, 5.74) is 0.697. The van der Waals surface area contributed by atoms with Gasteiger partial charge in [0, 0.05) is 20.6 Å². The smallest absolute Gasteiger partial charge is 0.197 e. The van der Waals surface area contributed by atoms with Crippen molar-refractivity contribution in [2.24, 2.45) is 5.92 Å². The first-order valence-corrected chi connectivity index (χ1v) is 7.17. The van der Waals surface area contributed by atoms with Crippen LogP contribution in [-0.2, 0) is 4.79 Å². The highest BCUT2D eigenvalue weighted by atomic mass is 127. The molecule has 1 aliphatic rings. The van der Waals surface area contributed by atoms with E-state index in [0.717, 1.165) is 3.57 Å². The van der Waals surface area contributed by atoms with Gasteiger partial charge >= 0.3 is 0 Å². The average molecular weight is 375 g/mol. The molecule has 0 N–H and O–H groups in total. The first kappa shape index (κ1) is 13.7. The Balaban J connectivity index is 2.36. The highest BCUT2D eigenvalue weighted by molar-refractivity contribution is 14.1. The van der Waals surface area contributed by atoms with E-state index in [1.807, 2.05) is 19.1 Å². The third-order valence-corrected chi connectivity index (χ3v) is 4.01. The van der Waals surface area contributed by atoms with E-state index in [1.54, 1.807) is 12.1 Å². The van der Waals surface area contributed by atoms with Crippen LogP contribution in [0, 0.1) is 9.49 Å².